The molecule has 0 saturated carbocycles. The molecule has 0 aliphatic heterocycles. The van der Waals surface area contributed by atoms with Crippen molar-refractivity contribution in [2.75, 3.05) is 6.61 Å². The number of carbonyl (C=O) groups is 1. The van der Waals surface area contributed by atoms with Crippen molar-refractivity contribution in [3.8, 4) is 6.07 Å². The summed E-state index contributed by atoms with van der Waals surface area (Å²) in [5.74, 6) is -0.273. The predicted molar refractivity (Wildman–Crippen MR) is 60.8 cm³/mol. The Morgan fingerprint density at radius 1 is 1.50 bits per heavy atom. The lowest BCUT2D eigenvalue weighted by atomic mass is 9.84. The van der Waals surface area contributed by atoms with Crippen molar-refractivity contribution in [3.05, 3.63) is 35.4 Å². The first kappa shape index (κ1) is 12.3. The van der Waals surface area contributed by atoms with E-state index in [2.05, 4.69) is 6.07 Å². The molecule has 0 aromatic heterocycles. The van der Waals surface area contributed by atoms with Crippen LogP contribution in [0.4, 0.5) is 0 Å². The zero-order chi connectivity index (χ0) is 12.2. The Labute approximate surface area is 95.7 Å². The minimum absolute atomic E-state index is 0.273. The molecule has 0 bridgehead atoms. The fourth-order valence-corrected chi connectivity index (χ4v) is 1.41. The lowest BCUT2D eigenvalue weighted by molar-refractivity contribution is -0.148. The molecule has 1 rings (SSSR count). The monoisotopic (exact) mass is 217 g/mol. The van der Waals surface area contributed by atoms with Crippen LogP contribution in [0.3, 0.4) is 0 Å². The SMILES string of the molecule is CCOC(=O)C(C)(C)c1cccc(C#N)c1. The Bertz CT molecular complexity index is 430. The fourth-order valence-electron chi connectivity index (χ4n) is 1.41. The first-order valence-electron chi connectivity index (χ1n) is 5.20. The zero-order valence-corrected chi connectivity index (χ0v) is 9.78. The Kier molecular flexibility index (Phi) is 3.68. The van der Waals surface area contributed by atoms with Gasteiger partial charge in [-0.25, -0.2) is 0 Å². The van der Waals surface area contributed by atoms with Crippen LogP contribution in [0, 0.1) is 11.3 Å². The van der Waals surface area contributed by atoms with E-state index in [9.17, 15) is 4.79 Å². The lowest BCUT2D eigenvalue weighted by Crippen LogP contribution is -2.31. The van der Waals surface area contributed by atoms with Gasteiger partial charge in [0.25, 0.3) is 0 Å². The van der Waals surface area contributed by atoms with Crippen LogP contribution in [0.1, 0.15) is 31.9 Å². The third kappa shape index (κ3) is 2.40. The van der Waals surface area contributed by atoms with E-state index in [4.69, 9.17) is 10.00 Å². The number of hydrogen-bond acceptors (Lipinski definition) is 3. The van der Waals surface area contributed by atoms with Crippen LogP contribution in [0.15, 0.2) is 24.3 Å². The van der Waals surface area contributed by atoms with Gasteiger partial charge in [-0.05, 0) is 38.5 Å². The Hall–Kier alpha value is -1.82. The minimum Gasteiger partial charge on any atom is -0.465 e. The normalized spacial score (nSPS) is 10.6. The Morgan fingerprint density at radius 2 is 2.19 bits per heavy atom. The van der Waals surface area contributed by atoms with Gasteiger partial charge in [0.15, 0.2) is 0 Å². The van der Waals surface area contributed by atoms with Crippen molar-refractivity contribution in [3.63, 3.8) is 0 Å². The van der Waals surface area contributed by atoms with Gasteiger partial charge in [-0.2, -0.15) is 5.26 Å². The van der Waals surface area contributed by atoms with Crippen LogP contribution in [-0.4, -0.2) is 12.6 Å². The molecule has 0 spiro atoms. The van der Waals surface area contributed by atoms with Crippen molar-refractivity contribution in [2.24, 2.45) is 0 Å². The molecule has 1 aromatic rings. The Balaban J connectivity index is 3.07. The van der Waals surface area contributed by atoms with Crippen LogP contribution in [-0.2, 0) is 14.9 Å². The summed E-state index contributed by atoms with van der Waals surface area (Å²) in [6.07, 6.45) is 0. The summed E-state index contributed by atoms with van der Waals surface area (Å²) in [6, 6.07) is 9.09. The average Bonchev–Trinajstić information content (AvgIpc) is 2.29. The highest BCUT2D eigenvalue weighted by Crippen LogP contribution is 2.25. The maximum atomic E-state index is 11.8. The van der Waals surface area contributed by atoms with Crippen molar-refractivity contribution >= 4 is 5.97 Å². The van der Waals surface area contributed by atoms with Gasteiger partial charge in [-0.3, -0.25) is 4.79 Å². The van der Waals surface area contributed by atoms with Gasteiger partial charge in [0, 0.05) is 0 Å². The summed E-state index contributed by atoms with van der Waals surface area (Å²) in [5.41, 5.74) is 0.628. The molecular formula is C13H15NO2. The number of nitriles is 1. The van der Waals surface area contributed by atoms with E-state index in [1.165, 1.54) is 0 Å². The van der Waals surface area contributed by atoms with Crippen molar-refractivity contribution in [1.29, 1.82) is 5.26 Å². The molecule has 1 aromatic carbocycles. The van der Waals surface area contributed by atoms with Gasteiger partial charge in [-0.15, -0.1) is 0 Å². The molecule has 3 nitrogen and oxygen atoms in total. The zero-order valence-electron chi connectivity index (χ0n) is 9.78. The molecule has 0 saturated heterocycles. The molecule has 0 amide bonds. The third-order valence-electron chi connectivity index (χ3n) is 2.50. The van der Waals surface area contributed by atoms with Crippen LogP contribution in [0.25, 0.3) is 0 Å². The van der Waals surface area contributed by atoms with Crippen LogP contribution >= 0.6 is 0 Å². The highest BCUT2D eigenvalue weighted by molar-refractivity contribution is 5.82. The molecule has 0 fully saturated rings. The standard InChI is InChI=1S/C13H15NO2/c1-4-16-12(15)13(2,3)11-7-5-6-10(8-11)9-14/h5-8H,4H2,1-3H3. The Morgan fingerprint density at radius 3 is 2.75 bits per heavy atom. The van der Waals surface area contributed by atoms with Gasteiger partial charge in [0.1, 0.15) is 0 Å². The van der Waals surface area contributed by atoms with Gasteiger partial charge >= 0.3 is 5.97 Å². The number of rotatable bonds is 3. The molecule has 0 unspecified atom stereocenters. The summed E-state index contributed by atoms with van der Waals surface area (Å²) in [6.45, 7) is 5.73. The number of benzene rings is 1. The van der Waals surface area contributed by atoms with E-state index >= 15 is 0 Å². The molecule has 0 aliphatic carbocycles. The predicted octanol–water partition coefficient (Wildman–Crippen LogP) is 2.40. The molecular weight excluding hydrogens is 202 g/mol. The molecule has 84 valence electrons. The largest absolute Gasteiger partial charge is 0.465 e. The fraction of sp³-hybridized carbons (Fsp3) is 0.385. The van der Waals surface area contributed by atoms with E-state index in [0.29, 0.717) is 12.2 Å². The molecule has 0 N–H and O–H groups in total. The van der Waals surface area contributed by atoms with Gasteiger partial charge in [-0.1, -0.05) is 12.1 Å². The van der Waals surface area contributed by atoms with Gasteiger partial charge in [0.05, 0.1) is 23.7 Å². The first-order chi connectivity index (χ1) is 7.52. The second-order valence-corrected chi connectivity index (χ2v) is 4.04. The topological polar surface area (TPSA) is 50.1 Å². The van der Waals surface area contributed by atoms with Gasteiger partial charge in [0.2, 0.25) is 0 Å². The summed E-state index contributed by atoms with van der Waals surface area (Å²) in [5, 5.41) is 8.80. The molecule has 3 heteroatoms. The molecule has 0 atom stereocenters. The average molecular weight is 217 g/mol. The summed E-state index contributed by atoms with van der Waals surface area (Å²) >= 11 is 0. The highest BCUT2D eigenvalue weighted by atomic mass is 16.5. The maximum Gasteiger partial charge on any atom is 0.315 e. The van der Waals surface area contributed by atoms with Crippen LogP contribution < -0.4 is 0 Å². The van der Waals surface area contributed by atoms with Crippen LogP contribution in [0.5, 0.6) is 0 Å². The maximum absolute atomic E-state index is 11.8. The molecule has 0 heterocycles. The first-order valence-corrected chi connectivity index (χ1v) is 5.20. The number of nitrogens with zero attached hydrogens (tertiary/aromatic N) is 1. The second kappa shape index (κ2) is 4.80. The highest BCUT2D eigenvalue weighted by Gasteiger charge is 2.31. The number of esters is 1. The lowest BCUT2D eigenvalue weighted by Gasteiger charge is -2.22. The third-order valence-corrected chi connectivity index (χ3v) is 2.50. The smallest absolute Gasteiger partial charge is 0.315 e. The van der Waals surface area contributed by atoms with Gasteiger partial charge < -0.3 is 4.74 Å². The molecule has 16 heavy (non-hydrogen) atoms. The van der Waals surface area contributed by atoms with E-state index in [1.807, 2.05) is 6.07 Å². The number of hydrogen-bond donors (Lipinski definition) is 0. The summed E-state index contributed by atoms with van der Waals surface area (Å²) in [7, 11) is 0. The van der Waals surface area contributed by atoms with E-state index in [1.54, 1.807) is 39.0 Å². The molecule has 0 aliphatic rings. The van der Waals surface area contributed by atoms with Crippen molar-refractivity contribution < 1.29 is 9.53 Å². The van der Waals surface area contributed by atoms with Crippen molar-refractivity contribution in [1.82, 2.24) is 0 Å². The van der Waals surface area contributed by atoms with E-state index < -0.39 is 5.41 Å². The molecule has 0 radical (unpaired) electrons. The second-order valence-electron chi connectivity index (χ2n) is 4.04. The number of ether oxygens (including phenoxy) is 1. The number of carbonyl (C=O) groups excluding carboxylic acids is 1. The minimum atomic E-state index is -0.719. The van der Waals surface area contributed by atoms with Crippen LogP contribution in [0.2, 0.25) is 0 Å². The summed E-state index contributed by atoms with van der Waals surface area (Å²) in [4.78, 5) is 11.8. The summed E-state index contributed by atoms with van der Waals surface area (Å²) < 4.78 is 5.01. The van der Waals surface area contributed by atoms with E-state index in [-0.39, 0.29) is 5.97 Å². The van der Waals surface area contributed by atoms with E-state index in [0.717, 1.165) is 5.56 Å². The quantitative estimate of drug-likeness (QED) is 0.730. The van der Waals surface area contributed by atoms with Crippen molar-refractivity contribution in [2.45, 2.75) is 26.2 Å².